The third kappa shape index (κ3) is 3.10. The summed E-state index contributed by atoms with van der Waals surface area (Å²) in [5, 5.41) is 3.86. The Hall–Kier alpha value is -2.65. The van der Waals surface area contributed by atoms with E-state index >= 15 is 0 Å². The Balaban J connectivity index is 1.49. The van der Waals surface area contributed by atoms with Gasteiger partial charge in [-0.2, -0.15) is 4.98 Å². The van der Waals surface area contributed by atoms with Crippen LogP contribution in [0.4, 0.5) is 0 Å². The van der Waals surface area contributed by atoms with E-state index in [0.29, 0.717) is 24.8 Å². The van der Waals surface area contributed by atoms with Crippen molar-refractivity contribution in [3.8, 4) is 11.4 Å². The molecule has 3 aromatic rings. The van der Waals surface area contributed by atoms with Crippen molar-refractivity contribution < 1.29 is 12.9 Å². The highest BCUT2D eigenvalue weighted by atomic mass is 32.2. The van der Waals surface area contributed by atoms with E-state index in [9.17, 15) is 8.42 Å². The molecule has 9 heteroatoms. The molecule has 1 saturated carbocycles. The van der Waals surface area contributed by atoms with Crippen molar-refractivity contribution >= 4 is 10.0 Å². The molecule has 0 spiro atoms. The molecule has 2 aliphatic rings. The smallest absolute Gasteiger partial charge is 0.232 e. The van der Waals surface area contributed by atoms with E-state index in [0.717, 1.165) is 24.0 Å². The number of pyridine rings is 2. The van der Waals surface area contributed by atoms with Gasteiger partial charge in [-0.15, -0.1) is 0 Å². The van der Waals surface area contributed by atoms with Crippen molar-refractivity contribution in [2.75, 3.05) is 13.1 Å². The van der Waals surface area contributed by atoms with Crippen molar-refractivity contribution in [3.63, 3.8) is 0 Å². The lowest BCUT2D eigenvalue weighted by Crippen LogP contribution is -2.31. The molecule has 144 valence electrons. The van der Waals surface area contributed by atoms with Gasteiger partial charge in [0.25, 0.3) is 0 Å². The minimum absolute atomic E-state index is 0.0760. The molecular formula is C19H19N5O3S. The Kier molecular flexibility index (Phi) is 4.21. The number of hydrogen-bond donors (Lipinski definition) is 0. The number of sulfonamides is 1. The lowest BCUT2D eigenvalue weighted by atomic mass is 9.90. The molecule has 3 aromatic heterocycles. The van der Waals surface area contributed by atoms with Crippen LogP contribution in [0.2, 0.25) is 0 Å². The SMILES string of the molecule is O=S(=O)(C1CC1)N1C[C@@H](c2cccnc2)[C@H](c2nc(-c3ccncc3)no2)C1. The second-order valence-corrected chi connectivity index (χ2v) is 9.47. The average Bonchev–Trinajstić information content (AvgIpc) is 3.32. The van der Waals surface area contributed by atoms with Crippen LogP contribution in [0.15, 0.2) is 53.6 Å². The maximum absolute atomic E-state index is 12.8. The Morgan fingerprint density at radius 2 is 1.79 bits per heavy atom. The van der Waals surface area contributed by atoms with Crippen LogP contribution in [0.3, 0.4) is 0 Å². The summed E-state index contributed by atoms with van der Waals surface area (Å²) >= 11 is 0. The van der Waals surface area contributed by atoms with Crippen LogP contribution in [0.5, 0.6) is 0 Å². The summed E-state index contributed by atoms with van der Waals surface area (Å²) in [4.78, 5) is 12.8. The molecule has 1 saturated heterocycles. The van der Waals surface area contributed by atoms with E-state index in [1.807, 2.05) is 24.3 Å². The zero-order chi connectivity index (χ0) is 19.1. The minimum atomic E-state index is -3.28. The first-order valence-electron chi connectivity index (χ1n) is 9.26. The molecule has 0 aromatic carbocycles. The van der Waals surface area contributed by atoms with Gasteiger partial charge in [0.15, 0.2) is 0 Å². The van der Waals surface area contributed by atoms with Gasteiger partial charge in [0.2, 0.25) is 21.7 Å². The first-order chi connectivity index (χ1) is 13.6. The van der Waals surface area contributed by atoms with Gasteiger partial charge in [0, 0.05) is 49.4 Å². The predicted molar refractivity (Wildman–Crippen MR) is 101 cm³/mol. The van der Waals surface area contributed by atoms with Crippen molar-refractivity contribution in [3.05, 3.63) is 60.5 Å². The van der Waals surface area contributed by atoms with Gasteiger partial charge in [-0.1, -0.05) is 11.2 Å². The topological polar surface area (TPSA) is 102 Å². The highest BCUT2D eigenvalue weighted by molar-refractivity contribution is 7.90. The van der Waals surface area contributed by atoms with Crippen LogP contribution in [0.1, 0.15) is 36.1 Å². The molecule has 2 fully saturated rings. The Morgan fingerprint density at radius 1 is 1.00 bits per heavy atom. The third-order valence-corrected chi connectivity index (χ3v) is 7.73. The maximum Gasteiger partial charge on any atom is 0.232 e. The average molecular weight is 397 g/mol. The zero-order valence-electron chi connectivity index (χ0n) is 15.0. The summed E-state index contributed by atoms with van der Waals surface area (Å²) in [6, 6.07) is 7.45. The summed E-state index contributed by atoms with van der Waals surface area (Å²) in [5.41, 5.74) is 1.79. The Morgan fingerprint density at radius 3 is 2.50 bits per heavy atom. The van der Waals surface area contributed by atoms with Crippen LogP contribution < -0.4 is 0 Å². The maximum atomic E-state index is 12.8. The number of hydrogen-bond acceptors (Lipinski definition) is 7. The fourth-order valence-corrected chi connectivity index (χ4v) is 5.63. The fraction of sp³-hybridized carbons (Fsp3) is 0.368. The van der Waals surface area contributed by atoms with E-state index in [-0.39, 0.29) is 17.1 Å². The van der Waals surface area contributed by atoms with E-state index in [1.54, 1.807) is 29.1 Å². The fourth-order valence-electron chi connectivity index (χ4n) is 3.74. The molecule has 5 rings (SSSR count). The van der Waals surface area contributed by atoms with Gasteiger partial charge in [-0.3, -0.25) is 9.97 Å². The highest BCUT2D eigenvalue weighted by Gasteiger charge is 2.48. The second kappa shape index (κ2) is 6.75. The molecule has 28 heavy (non-hydrogen) atoms. The van der Waals surface area contributed by atoms with Crippen LogP contribution >= 0.6 is 0 Å². The molecule has 0 amide bonds. The molecule has 0 radical (unpaired) electrons. The third-order valence-electron chi connectivity index (χ3n) is 5.40. The standard InChI is InChI=1S/C19H19N5O3S/c25-28(26,15-3-4-15)24-11-16(14-2-1-7-21-10-14)17(12-24)19-22-18(23-27-19)13-5-8-20-9-6-13/h1-2,5-10,15-17H,3-4,11-12H2/t16-,17+/m0/s1. The van der Waals surface area contributed by atoms with Gasteiger partial charge in [0.05, 0.1) is 11.2 Å². The Labute approximate surface area is 162 Å². The summed E-state index contributed by atoms with van der Waals surface area (Å²) in [5.74, 6) is 0.647. The van der Waals surface area contributed by atoms with Gasteiger partial charge in [-0.25, -0.2) is 12.7 Å². The molecule has 2 atom stereocenters. The van der Waals surface area contributed by atoms with Crippen molar-refractivity contribution in [1.29, 1.82) is 0 Å². The molecule has 0 unspecified atom stereocenters. The zero-order valence-corrected chi connectivity index (χ0v) is 15.9. The molecule has 1 aliphatic heterocycles. The monoisotopic (exact) mass is 397 g/mol. The molecule has 0 bridgehead atoms. The van der Waals surface area contributed by atoms with Crippen LogP contribution in [0.25, 0.3) is 11.4 Å². The second-order valence-electron chi connectivity index (χ2n) is 7.25. The quantitative estimate of drug-likeness (QED) is 0.650. The molecular weight excluding hydrogens is 378 g/mol. The van der Waals surface area contributed by atoms with Crippen molar-refractivity contribution in [2.45, 2.75) is 29.9 Å². The van der Waals surface area contributed by atoms with Gasteiger partial charge in [0.1, 0.15) is 0 Å². The van der Waals surface area contributed by atoms with Gasteiger partial charge in [-0.05, 0) is 36.6 Å². The van der Waals surface area contributed by atoms with E-state index < -0.39 is 10.0 Å². The number of aromatic nitrogens is 4. The lowest BCUT2D eigenvalue weighted by Gasteiger charge is -2.16. The van der Waals surface area contributed by atoms with Crippen molar-refractivity contribution in [2.24, 2.45) is 0 Å². The summed E-state index contributed by atoms with van der Waals surface area (Å²) in [7, 11) is -3.28. The van der Waals surface area contributed by atoms with E-state index in [1.165, 1.54) is 0 Å². The number of nitrogens with zero attached hydrogens (tertiary/aromatic N) is 5. The first kappa shape index (κ1) is 17.4. The number of rotatable bonds is 5. The van der Waals surface area contributed by atoms with Crippen LogP contribution in [0, 0.1) is 0 Å². The molecule has 4 heterocycles. The lowest BCUT2D eigenvalue weighted by molar-refractivity contribution is 0.348. The highest BCUT2D eigenvalue weighted by Crippen LogP contribution is 2.43. The first-order valence-corrected chi connectivity index (χ1v) is 10.8. The van der Waals surface area contributed by atoms with E-state index in [2.05, 4.69) is 20.1 Å². The van der Waals surface area contributed by atoms with Gasteiger partial charge >= 0.3 is 0 Å². The largest absolute Gasteiger partial charge is 0.339 e. The van der Waals surface area contributed by atoms with Crippen LogP contribution in [-0.4, -0.2) is 51.2 Å². The molecule has 1 aliphatic carbocycles. The summed E-state index contributed by atoms with van der Waals surface area (Å²) in [6.45, 7) is 0.749. The normalized spacial score (nSPS) is 23.1. The minimum Gasteiger partial charge on any atom is -0.339 e. The summed E-state index contributed by atoms with van der Waals surface area (Å²) < 4.78 is 32.8. The van der Waals surface area contributed by atoms with Crippen LogP contribution in [-0.2, 0) is 10.0 Å². The van der Waals surface area contributed by atoms with E-state index in [4.69, 9.17) is 4.52 Å². The molecule has 8 nitrogen and oxygen atoms in total. The van der Waals surface area contributed by atoms with Crippen molar-refractivity contribution in [1.82, 2.24) is 24.4 Å². The van der Waals surface area contributed by atoms with Gasteiger partial charge < -0.3 is 4.52 Å². The summed E-state index contributed by atoms with van der Waals surface area (Å²) in [6.07, 6.45) is 8.32. The molecule has 0 N–H and O–H groups in total. The Bertz CT molecular complexity index is 1070. The predicted octanol–water partition coefficient (Wildman–Crippen LogP) is 2.20.